The van der Waals surface area contributed by atoms with Crippen molar-refractivity contribution in [1.29, 1.82) is 0 Å². The summed E-state index contributed by atoms with van der Waals surface area (Å²) >= 11 is 5.91. The van der Waals surface area contributed by atoms with Crippen LogP contribution in [0.4, 0.5) is 5.69 Å². The number of nitrogens with one attached hydrogen (secondary N) is 2. The van der Waals surface area contributed by atoms with Crippen LogP contribution in [0.15, 0.2) is 53.3 Å². The molecule has 1 amide bonds. The monoisotopic (exact) mass is 340 g/mol. The molecule has 24 heavy (non-hydrogen) atoms. The van der Waals surface area contributed by atoms with Crippen molar-refractivity contribution < 1.29 is 4.79 Å². The van der Waals surface area contributed by atoms with Crippen molar-refractivity contribution in [2.45, 2.75) is 19.8 Å². The highest BCUT2D eigenvalue weighted by Gasteiger charge is 2.08. The quantitative estimate of drug-likeness (QED) is 0.752. The minimum atomic E-state index is -0.149. The SMILES string of the molecule is Cc1cc(Cl)ccc1NC(=O)CCc1cc2ccccc2[nH]c1=O. The number of para-hydroxylation sites is 1. The minimum Gasteiger partial charge on any atom is -0.326 e. The highest BCUT2D eigenvalue weighted by molar-refractivity contribution is 6.30. The molecule has 0 aliphatic carbocycles. The number of hydrogen-bond donors (Lipinski definition) is 2. The highest BCUT2D eigenvalue weighted by Crippen LogP contribution is 2.20. The Morgan fingerprint density at radius 2 is 1.96 bits per heavy atom. The summed E-state index contributed by atoms with van der Waals surface area (Å²) in [6.07, 6.45) is 0.627. The number of carbonyl (C=O) groups is 1. The smallest absolute Gasteiger partial charge is 0.251 e. The van der Waals surface area contributed by atoms with Gasteiger partial charge in [-0.1, -0.05) is 29.8 Å². The summed E-state index contributed by atoms with van der Waals surface area (Å²) < 4.78 is 0. The third kappa shape index (κ3) is 3.66. The van der Waals surface area contributed by atoms with Gasteiger partial charge in [0.05, 0.1) is 0 Å². The van der Waals surface area contributed by atoms with E-state index >= 15 is 0 Å². The second kappa shape index (κ2) is 6.89. The molecule has 0 fully saturated rings. The molecule has 0 aliphatic rings. The Bertz CT molecular complexity index is 963. The minimum absolute atomic E-state index is 0.131. The normalized spacial score (nSPS) is 10.8. The molecule has 2 N–H and O–H groups in total. The lowest BCUT2D eigenvalue weighted by molar-refractivity contribution is -0.116. The van der Waals surface area contributed by atoms with Crippen LogP contribution < -0.4 is 10.9 Å². The Balaban J connectivity index is 1.70. The summed E-state index contributed by atoms with van der Waals surface area (Å²) in [6, 6.07) is 14.7. The zero-order chi connectivity index (χ0) is 17.1. The third-order valence-electron chi connectivity index (χ3n) is 3.91. The molecule has 3 rings (SSSR count). The molecule has 4 nitrogen and oxygen atoms in total. The van der Waals surface area contributed by atoms with Crippen molar-refractivity contribution in [2.75, 3.05) is 5.32 Å². The van der Waals surface area contributed by atoms with Crippen molar-refractivity contribution in [2.24, 2.45) is 0 Å². The number of pyridine rings is 1. The van der Waals surface area contributed by atoms with Gasteiger partial charge in [-0.15, -0.1) is 0 Å². The Hall–Kier alpha value is -2.59. The molecule has 0 bridgehead atoms. The predicted molar refractivity (Wildman–Crippen MR) is 97.7 cm³/mol. The van der Waals surface area contributed by atoms with E-state index in [1.807, 2.05) is 37.3 Å². The number of hydrogen-bond acceptors (Lipinski definition) is 2. The third-order valence-corrected chi connectivity index (χ3v) is 4.15. The number of amides is 1. The zero-order valence-electron chi connectivity index (χ0n) is 13.2. The summed E-state index contributed by atoms with van der Waals surface area (Å²) in [4.78, 5) is 27.1. The van der Waals surface area contributed by atoms with Gasteiger partial charge < -0.3 is 10.3 Å². The molecule has 0 saturated heterocycles. The number of aromatic amines is 1. The number of carbonyl (C=O) groups excluding carboxylic acids is 1. The van der Waals surface area contributed by atoms with Gasteiger partial charge in [0.1, 0.15) is 0 Å². The lowest BCUT2D eigenvalue weighted by Crippen LogP contribution is -2.17. The second-order valence-corrected chi connectivity index (χ2v) is 6.15. The number of aryl methyl sites for hydroxylation is 2. The number of rotatable bonds is 4. The van der Waals surface area contributed by atoms with Gasteiger partial charge in [0.25, 0.3) is 5.56 Å². The van der Waals surface area contributed by atoms with Gasteiger partial charge in [-0.3, -0.25) is 9.59 Å². The van der Waals surface area contributed by atoms with Gasteiger partial charge in [-0.25, -0.2) is 0 Å². The van der Waals surface area contributed by atoms with Gasteiger partial charge >= 0.3 is 0 Å². The number of H-pyrrole nitrogens is 1. The summed E-state index contributed by atoms with van der Waals surface area (Å²) in [5, 5.41) is 4.45. The van der Waals surface area contributed by atoms with Gasteiger partial charge in [-0.05, 0) is 54.6 Å². The number of fused-ring (bicyclic) bond motifs is 1. The Labute approximate surface area is 144 Å². The number of anilines is 1. The molecule has 1 heterocycles. The van der Waals surface area contributed by atoms with Crippen molar-refractivity contribution in [1.82, 2.24) is 4.98 Å². The number of halogens is 1. The largest absolute Gasteiger partial charge is 0.326 e. The first-order valence-electron chi connectivity index (χ1n) is 7.70. The molecule has 3 aromatic rings. The molecular formula is C19H17ClN2O2. The van der Waals surface area contributed by atoms with E-state index in [1.165, 1.54) is 0 Å². The molecule has 1 aromatic heterocycles. The Kier molecular flexibility index (Phi) is 4.67. The van der Waals surface area contributed by atoms with Crippen molar-refractivity contribution in [3.8, 4) is 0 Å². The van der Waals surface area contributed by atoms with Crippen molar-refractivity contribution in [3.63, 3.8) is 0 Å². The summed E-state index contributed by atoms with van der Waals surface area (Å²) in [7, 11) is 0. The summed E-state index contributed by atoms with van der Waals surface area (Å²) in [6.45, 7) is 1.88. The van der Waals surface area contributed by atoms with Gasteiger partial charge in [0.15, 0.2) is 0 Å². The molecule has 0 radical (unpaired) electrons. The molecule has 2 aromatic carbocycles. The maximum atomic E-state index is 12.1. The van der Waals surface area contributed by atoms with Crippen LogP contribution in [0.25, 0.3) is 10.9 Å². The summed E-state index contributed by atoms with van der Waals surface area (Å²) in [5.74, 6) is -0.131. The van der Waals surface area contributed by atoms with E-state index in [1.54, 1.807) is 18.2 Å². The summed E-state index contributed by atoms with van der Waals surface area (Å²) in [5.41, 5.74) is 2.89. The number of benzene rings is 2. The van der Waals surface area contributed by atoms with E-state index < -0.39 is 0 Å². The van der Waals surface area contributed by atoms with E-state index in [4.69, 9.17) is 11.6 Å². The fraction of sp³-hybridized carbons (Fsp3) is 0.158. The highest BCUT2D eigenvalue weighted by atomic mass is 35.5. The van der Waals surface area contributed by atoms with Gasteiger partial charge in [0.2, 0.25) is 5.91 Å². The van der Waals surface area contributed by atoms with Crippen molar-refractivity contribution in [3.05, 3.63) is 75.0 Å². The molecule has 0 aliphatic heterocycles. The zero-order valence-corrected chi connectivity index (χ0v) is 14.0. The van der Waals surface area contributed by atoms with E-state index in [9.17, 15) is 9.59 Å². The average Bonchev–Trinajstić information content (AvgIpc) is 2.55. The number of aromatic nitrogens is 1. The Morgan fingerprint density at radius 1 is 1.17 bits per heavy atom. The van der Waals surface area contributed by atoms with Crippen LogP contribution in [0.2, 0.25) is 5.02 Å². The van der Waals surface area contributed by atoms with Crippen LogP contribution in [-0.4, -0.2) is 10.9 Å². The molecule has 122 valence electrons. The second-order valence-electron chi connectivity index (χ2n) is 5.72. The Morgan fingerprint density at radius 3 is 2.75 bits per heavy atom. The van der Waals surface area contributed by atoms with E-state index in [0.29, 0.717) is 17.0 Å². The van der Waals surface area contributed by atoms with Crippen LogP contribution in [0.1, 0.15) is 17.5 Å². The molecular weight excluding hydrogens is 324 g/mol. The maximum absolute atomic E-state index is 12.1. The lowest BCUT2D eigenvalue weighted by atomic mass is 10.1. The van der Waals surface area contributed by atoms with E-state index in [0.717, 1.165) is 22.2 Å². The van der Waals surface area contributed by atoms with Crippen LogP contribution in [0.5, 0.6) is 0 Å². The molecule has 0 saturated carbocycles. The molecule has 5 heteroatoms. The van der Waals surface area contributed by atoms with Gasteiger partial charge in [0, 0.05) is 28.2 Å². The molecule has 0 atom stereocenters. The standard InChI is InChI=1S/C19H17ClN2O2/c1-12-10-15(20)7-8-16(12)21-18(23)9-6-14-11-13-4-2-3-5-17(13)22-19(14)24/h2-5,7-8,10-11H,6,9H2,1H3,(H,21,23)(H,22,24). The maximum Gasteiger partial charge on any atom is 0.251 e. The lowest BCUT2D eigenvalue weighted by Gasteiger charge is -2.09. The van der Waals surface area contributed by atoms with Crippen LogP contribution >= 0.6 is 11.6 Å². The van der Waals surface area contributed by atoms with Crippen LogP contribution in [0, 0.1) is 6.92 Å². The van der Waals surface area contributed by atoms with Gasteiger partial charge in [-0.2, -0.15) is 0 Å². The first-order valence-corrected chi connectivity index (χ1v) is 8.08. The molecule has 0 unspecified atom stereocenters. The topological polar surface area (TPSA) is 62.0 Å². The van der Waals surface area contributed by atoms with Crippen molar-refractivity contribution >= 4 is 34.1 Å². The van der Waals surface area contributed by atoms with Crippen LogP contribution in [0.3, 0.4) is 0 Å². The predicted octanol–water partition coefficient (Wildman–Crippen LogP) is 4.06. The van der Waals surface area contributed by atoms with Crippen LogP contribution in [-0.2, 0) is 11.2 Å². The fourth-order valence-electron chi connectivity index (χ4n) is 2.61. The first-order chi connectivity index (χ1) is 11.5. The van der Waals surface area contributed by atoms with E-state index in [-0.39, 0.29) is 17.9 Å². The molecule has 0 spiro atoms. The fourth-order valence-corrected chi connectivity index (χ4v) is 2.83. The van der Waals surface area contributed by atoms with E-state index in [2.05, 4.69) is 10.3 Å². The first kappa shape index (κ1) is 16.3. The average molecular weight is 341 g/mol.